The van der Waals surface area contributed by atoms with E-state index in [1.165, 1.54) is 4.57 Å². The van der Waals surface area contributed by atoms with Crippen molar-refractivity contribution in [2.24, 2.45) is 7.05 Å². The summed E-state index contributed by atoms with van der Waals surface area (Å²) in [5.41, 5.74) is 1.38. The molecule has 0 amide bonds. The smallest absolute Gasteiger partial charge is 0.293 e. The lowest BCUT2D eigenvalue weighted by molar-refractivity contribution is 0.639. The van der Waals surface area contributed by atoms with Crippen LogP contribution in [0.3, 0.4) is 0 Å². The van der Waals surface area contributed by atoms with Gasteiger partial charge >= 0.3 is 0 Å². The van der Waals surface area contributed by atoms with E-state index in [1.807, 2.05) is 11.0 Å². The average molecular weight is 330 g/mol. The molecule has 3 rings (SSSR count). The topological polar surface area (TPSA) is 65.2 Å². The molecule has 0 aliphatic carbocycles. The number of aryl methyl sites for hydroxylation is 1. The third-order valence-corrected chi connectivity index (χ3v) is 4.30. The van der Waals surface area contributed by atoms with Crippen molar-refractivity contribution in [3.05, 3.63) is 51.5 Å². The first-order chi connectivity index (χ1) is 11.1. The first-order valence-electron chi connectivity index (χ1n) is 7.31. The summed E-state index contributed by atoms with van der Waals surface area (Å²) in [6.45, 7) is 2.88. The highest BCUT2D eigenvalue weighted by Crippen LogP contribution is 2.27. The molecule has 0 saturated carbocycles. The van der Waals surface area contributed by atoms with Gasteiger partial charge in [-0.15, -0.1) is 0 Å². The van der Waals surface area contributed by atoms with Crippen LogP contribution in [0.2, 0.25) is 5.02 Å². The fourth-order valence-electron chi connectivity index (χ4n) is 2.69. The van der Waals surface area contributed by atoms with E-state index in [1.54, 1.807) is 31.6 Å². The maximum Gasteiger partial charge on any atom is 0.293 e. The number of halogens is 1. The first kappa shape index (κ1) is 15.4. The summed E-state index contributed by atoms with van der Waals surface area (Å²) in [5, 5.41) is 9.48. The summed E-state index contributed by atoms with van der Waals surface area (Å²) in [7, 11) is 1.72. The molecular weight excluding hydrogens is 314 g/mol. The number of piperazine rings is 1. The quantitative estimate of drug-likeness (QED) is 0.838. The molecule has 2 aromatic rings. The van der Waals surface area contributed by atoms with E-state index in [0.717, 1.165) is 18.8 Å². The SMILES string of the molecule is Cn1ccnc(N2CCN(c3ccc(C#N)cc3Cl)CC2)c1=O. The van der Waals surface area contributed by atoms with Crippen LogP contribution in [0.5, 0.6) is 0 Å². The normalized spacial score (nSPS) is 14.7. The van der Waals surface area contributed by atoms with Crippen LogP contribution in [-0.2, 0) is 7.05 Å². The van der Waals surface area contributed by atoms with E-state index >= 15 is 0 Å². The van der Waals surface area contributed by atoms with Gasteiger partial charge in [0.05, 0.1) is 22.3 Å². The van der Waals surface area contributed by atoms with Crippen LogP contribution in [0, 0.1) is 11.3 Å². The van der Waals surface area contributed by atoms with Crippen LogP contribution in [0.4, 0.5) is 11.5 Å². The van der Waals surface area contributed by atoms with Crippen molar-refractivity contribution in [1.29, 1.82) is 5.26 Å². The maximum absolute atomic E-state index is 12.1. The van der Waals surface area contributed by atoms with Crippen molar-refractivity contribution in [3.8, 4) is 6.07 Å². The molecule has 0 atom stereocenters. The summed E-state index contributed by atoms with van der Waals surface area (Å²) in [4.78, 5) is 20.5. The van der Waals surface area contributed by atoms with Crippen LogP contribution >= 0.6 is 11.6 Å². The summed E-state index contributed by atoms with van der Waals surface area (Å²) in [6, 6.07) is 7.40. The fraction of sp³-hybridized carbons (Fsp3) is 0.312. The van der Waals surface area contributed by atoms with Crippen LogP contribution < -0.4 is 15.4 Å². The number of nitrogens with zero attached hydrogens (tertiary/aromatic N) is 5. The zero-order chi connectivity index (χ0) is 16.4. The van der Waals surface area contributed by atoms with Gasteiger partial charge in [0.1, 0.15) is 0 Å². The lowest BCUT2D eigenvalue weighted by Gasteiger charge is -2.36. The van der Waals surface area contributed by atoms with Gasteiger partial charge in [0.2, 0.25) is 0 Å². The molecule has 0 spiro atoms. The summed E-state index contributed by atoms with van der Waals surface area (Å²) >= 11 is 6.27. The molecule has 1 aliphatic rings. The lowest BCUT2D eigenvalue weighted by atomic mass is 10.2. The molecule has 1 aromatic heterocycles. The van der Waals surface area contributed by atoms with E-state index in [4.69, 9.17) is 16.9 Å². The van der Waals surface area contributed by atoms with Crippen molar-refractivity contribution in [2.75, 3.05) is 36.0 Å². The van der Waals surface area contributed by atoms with Gasteiger partial charge in [-0.05, 0) is 18.2 Å². The standard InChI is InChI=1S/C16H16ClN5O/c1-20-5-4-19-15(16(20)23)22-8-6-21(7-9-22)14-3-2-12(11-18)10-13(14)17/h2-5,10H,6-9H2,1H3. The Morgan fingerprint density at radius 2 is 1.91 bits per heavy atom. The minimum absolute atomic E-state index is 0.0858. The Morgan fingerprint density at radius 3 is 2.57 bits per heavy atom. The van der Waals surface area contributed by atoms with Gasteiger partial charge < -0.3 is 14.4 Å². The molecule has 0 unspecified atom stereocenters. The number of rotatable bonds is 2. The minimum Gasteiger partial charge on any atom is -0.367 e. The van der Waals surface area contributed by atoms with Gasteiger partial charge in [-0.1, -0.05) is 11.6 Å². The van der Waals surface area contributed by atoms with Crippen LogP contribution in [0.15, 0.2) is 35.4 Å². The van der Waals surface area contributed by atoms with E-state index in [0.29, 0.717) is 29.5 Å². The third-order valence-electron chi connectivity index (χ3n) is 4.00. The number of hydrogen-bond acceptors (Lipinski definition) is 5. The second-order valence-corrected chi connectivity index (χ2v) is 5.83. The third kappa shape index (κ3) is 3.01. The van der Waals surface area contributed by atoms with Crippen molar-refractivity contribution in [2.45, 2.75) is 0 Å². The van der Waals surface area contributed by atoms with Crippen molar-refractivity contribution in [3.63, 3.8) is 0 Å². The van der Waals surface area contributed by atoms with Gasteiger partial charge in [-0.25, -0.2) is 4.98 Å². The van der Waals surface area contributed by atoms with E-state index in [-0.39, 0.29) is 5.56 Å². The average Bonchev–Trinajstić information content (AvgIpc) is 2.57. The molecular formula is C16H16ClN5O. The van der Waals surface area contributed by atoms with Crippen LogP contribution in [-0.4, -0.2) is 35.7 Å². The zero-order valence-corrected chi connectivity index (χ0v) is 13.5. The fourth-order valence-corrected chi connectivity index (χ4v) is 2.99. The predicted octanol–water partition coefficient (Wildman–Crippen LogP) is 1.63. The molecule has 1 aliphatic heterocycles. The second-order valence-electron chi connectivity index (χ2n) is 5.42. The number of nitriles is 1. The monoisotopic (exact) mass is 329 g/mol. The number of anilines is 2. The molecule has 7 heteroatoms. The second kappa shape index (κ2) is 6.31. The molecule has 1 aromatic carbocycles. The maximum atomic E-state index is 12.1. The summed E-state index contributed by atoms with van der Waals surface area (Å²) in [6.07, 6.45) is 3.29. The summed E-state index contributed by atoms with van der Waals surface area (Å²) in [5.74, 6) is 0.487. The molecule has 118 valence electrons. The van der Waals surface area contributed by atoms with Crippen LogP contribution in [0.25, 0.3) is 0 Å². The molecule has 23 heavy (non-hydrogen) atoms. The number of aromatic nitrogens is 2. The highest BCUT2D eigenvalue weighted by Gasteiger charge is 2.22. The molecule has 2 heterocycles. The van der Waals surface area contributed by atoms with Gasteiger partial charge in [0.15, 0.2) is 5.82 Å². The van der Waals surface area contributed by atoms with Crippen molar-refractivity contribution < 1.29 is 0 Å². The Balaban J connectivity index is 1.75. The first-order valence-corrected chi connectivity index (χ1v) is 7.69. The van der Waals surface area contributed by atoms with Gasteiger partial charge in [0.25, 0.3) is 5.56 Å². The molecule has 0 bridgehead atoms. The molecule has 1 saturated heterocycles. The van der Waals surface area contributed by atoms with Gasteiger partial charge in [-0.3, -0.25) is 4.79 Å². The van der Waals surface area contributed by atoms with E-state index in [9.17, 15) is 4.79 Å². The molecule has 0 N–H and O–H groups in total. The zero-order valence-electron chi connectivity index (χ0n) is 12.7. The molecule has 1 fully saturated rings. The van der Waals surface area contributed by atoms with Crippen molar-refractivity contribution >= 4 is 23.1 Å². The Hall–Kier alpha value is -2.52. The van der Waals surface area contributed by atoms with Crippen molar-refractivity contribution in [1.82, 2.24) is 9.55 Å². The molecule has 6 nitrogen and oxygen atoms in total. The van der Waals surface area contributed by atoms with E-state index in [2.05, 4.69) is 16.0 Å². The lowest BCUT2D eigenvalue weighted by Crippen LogP contribution is -2.48. The number of benzene rings is 1. The Morgan fingerprint density at radius 1 is 1.22 bits per heavy atom. The predicted molar refractivity (Wildman–Crippen MR) is 90.1 cm³/mol. The van der Waals surface area contributed by atoms with Gasteiger partial charge in [0, 0.05) is 45.6 Å². The van der Waals surface area contributed by atoms with E-state index < -0.39 is 0 Å². The highest BCUT2D eigenvalue weighted by atomic mass is 35.5. The highest BCUT2D eigenvalue weighted by molar-refractivity contribution is 6.33. The minimum atomic E-state index is -0.0858. The molecule has 0 radical (unpaired) electrons. The van der Waals surface area contributed by atoms with Crippen LogP contribution in [0.1, 0.15) is 5.56 Å². The summed E-state index contributed by atoms with van der Waals surface area (Å²) < 4.78 is 1.53. The largest absolute Gasteiger partial charge is 0.367 e. The number of hydrogen-bond donors (Lipinski definition) is 0. The Bertz CT molecular complexity index is 818. The Labute approximate surface area is 139 Å². The Kier molecular flexibility index (Phi) is 4.22. The van der Waals surface area contributed by atoms with Gasteiger partial charge in [-0.2, -0.15) is 5.26 Å².